The van der Waals surface area contributed by atoms with Gasteiger partial charge in [0.25, 0.3) is 0 Å². The molecule has 0 heterocycles. The van der Waals surface area contributed by atoms with E-state index in [1.807, 2.05) is 30.3 Å². The molecule has 2 aromatic rings. The number of hydrogen-bond acceptors (Lipinski definition) is 2. The van der Waals surface area contributed by atoms with Gasteiger partial charge in [-0.3, -0.25) is 4.79 Å². The van der Waals surface area contributed by atoms with Crippen LogP contribution in [0.2, 0.25) is 0 Å². The van der Waals surface area contributed by atoms with Gasteiger partial charge in [-0.25, -0.2) is 0 Å². The normalized spacial score (nSPS) is 11.1. The molecule has 0 radical (unpaired) electrons. The molecule has 0 unspecified atom stereocenters. The summed E-state index contributed by atoms with van der Waals surface area (Å²) in [5, 5.41) is 3.14. The predicted octanol–water partition coefficient (Wildman–Crippen LogP) is 5.24. The number of allylic oxidation sites excluding steroid dienone is 1. The molecule has 0 aliphatic heterocycles. The Balaban J connectivity index is 2.00. The minimum atomic E-state index is 0.00615. The van der Waals surface area contributed by atoms with Crippen molar-refractivity contribution < 1.29 is 4.79 Å². The highest BCUT2D eigenvalue weighted by Crippen LogP contribution is 2.16. The molecule has 0 saturated carbocycles. The Morgan fingerprint density at radius 3 is 2.27 bits per heavy atom. The van der Waals surface area contributed by atoms with Crippen molar-refractivity contribution in [3.63, 3.8) is 0 Å². The SMILES string of the molecule is Cc1ccc(N/C=C/C(=O)c2ccc(C(C)C)cc2)cc1C. The molecular weight excluding hydrogens is 270 g/mol. The van der Waals surface area contributed by atoms with E-state index < -0.39 is 0 Å². The molecule has 0 bridgehead atoms. The smallest absolute Gasteiger partial charge is 0.187 e. The summed E-state index contributed by atoms with van der Waals surface area (Å²) >= 11 is 0. The molecule has 0 saturated heterocycles. The molecule has 114 valence electrons. The van der Waals surface area contributed by atoms with E-state index in [-0.39, 0.29) is 5.78 Å². The second kappa shape index (κ2) is 7.08. The quantitative estimate of drug-likeness (QED) is 0.603. The number of nitrogens with one attached hydrogen (secondary N) is 1. The molecule has 2 nitrogen and oxygen atoms in total. The molecule has 22 heavy (non-hydrogen) atoms. The average molecular weight is 293 g/mol. The lowest BCUT2D eigenvalue weighted by Crippen LogP contribution is -1.97. The van der Waals surface area contributed by atoms with Crippen molar-refractivity contribution >= 4 is 11.5 Å². The van der Waals surface area contributed by atoms with Gasteiger partial charge in [0.1, 0.15) is 0 Å². The molecule has 0 aromatic heterocycles. The minimum Gasteiger partial charge on any atom is -0.362 e. The summed E-state index contributed by atoms with van der Waals surface area (Å²) in [6, 6.07) is 14.0. The van der Waals surface area contributed by atoms with E-state index in [2.05, 4.69) is 45.1 Å². The van der Waals surface area contributed by atoms with E-state index in [1.54, 1.807) is 12.3 Å². The predicted molar refractivity (Wildman–Crippen MR) is 93.5 cm³/mol. The number of ketones is 1. The molecule has 2 aromatic carbocycles. The van der Waals surface area contributed by atoms with Crippen molar-refractivity contribution in [2.45, 2.75) is 33.6 Å². The minimum absolute atomic E-state index is 0.00615. The van der Waals surface area contributed by atoms with Crippen LogP contribution in [0.3, 0.4) is 0 Å². The van der Waals surface area contributed by atoms with Gasteiger partial charge in [0, 0.05) is 23.5 Å². The van der Waals surface area contributed by atoms with Crippen LogP contribution in [0.15, 0.2) is 54.7 Å². The van der Waals surface area contributed by atoms with Gasteiger partial charge >= 0.3 is 0 Å². The van der Waals surface area contributed by atoms with Gasteiger partial charge in [0.15, 0.2) is 5.78 Å². The second-order valence-corrected chi connectivity index (χ2v) is 5.92. The fourth-order valence-electron chi connectivity index (χ4n) is 2.17. The molecule has 0 fully saturated rings. The number of carbonyl (C=O) groups is 1. The van der Waals surface area contributed by atoms with Gasteiger partial charge in [-0.1, -0.05) is 44.2 Å². The maximum atomic E-state index is 12.1. The van der Waals surface area contributed by atoms with Gasteiger partial charge in [0.05, 0.1) is 0 Å². The largest absolute Gasteiger partial charge is 0.362 e. The summed E-state index contributed by atoms with van der Waals surface area (Å²) in [4.78, 5) is 12.1. The van der Waals surface area contributed by atoms with Crippen molar-refractivity contribution in [2.75, 3.05) is 5.32 Å². The van der Waals surface area contributed by atoms with Crippen molar-refractivity contribution in [1.29, 1.82) is 0 Å². The van der Waals surface area contributed by atoms with Crippen LogP contribution in [0, 0.1) is 13.8 Å². The van der Waals surface area contributed by atoms with Crippen LogP contribution in [-0.2, 0) is 0 Å². The molecule has 0 aliphatic rings. The first-order valence-electron chi connectivity index (χ1n) is 7.62. The van der Waals surface area contributed by atoms with Crippen molar-refractivity contribution in [2.24, 2.45) is 0 Å². The van der Waals surface area contributed by atoms with Crippen LogP contribution in [0.1, 0.15) is 46.8 Å². The highest BCUT2D eigenvalue weighted by molar-refractivity contribution is 6.04. The molecule has 0 aliphatic carbocycles. The van der Waals surface area contributed by atoms with Crippen molar-refractivity contribution in [3.05, 3.63) is 77.0 Å². The third-order valence-corrected chi connectivity index (χ3v) is 3.85. The highest BCUT2D eigenvalue weighted by Gasteiger charge is 2.03. The molecule has 2 rings (SSSR count). The van der Waals surface area contributed by atoms with Crippen LogP contribution < -0.4 is 5.32 Å². The first kappa shape index (κ1) is 16.0. The number of rotatable bonds is 5. The van der Waals surface area contributed by atoms with Crippen LogP contribution in [0.4, 0.5) is 5.69 Å². The zero-order valence-corrected chi connectivity index (χ0v) is 13.7. The van der Waals surface area contributed by atoms with E-state index in [4.69, 9.17) is 0 Å². The second-order valence-electron chi connectivity index (χ2n) is 5.92. The number of carbonyl (C=O) groups excluding carboxylic acids is 1. The third-order valence-electron chi connectivity index (χ3n) is 3.85. The Morgan fingerprint density at radius 1 is 1.00 bits per heavy atom. The fourth-order valence-corrected chi connectivity index (χ4v) is 2.17. The summed E-state index contributed by atoms with van der Waals surface area (Å²) < 4.78 is 0. The maximum Gasteiger partial charge on any atom is 0.187 e. The van der Waals surface area contributed by atoms with E-state index >= 15 is 0 Å². The fraction of sp³-hybridized carbons (Fsp3) is 0.250. The first-order valence-corrected chi connectivity index (χ1v) is 7.62. The van der Waals surface area contributed by atoms with Crippen molar-refractivity contribution in [3.8, 4) is 0 Å². The number of benzene rings is 2. The summed E-state index contributed by atoms with van der Waals surface area (Å²) in [5.41, 5.74) is 5.43. The zero-order chi connectivity index (χ0) is 16.1. The Hall–Kier alpha value is -2.35. The van der Waals surface area contributed by atoms with Gasteiger partial charge in [0.2, 0.25) is 0 Å². The van der Waals surface area contributed by atoms with E-state index in [9.17, 15) is 4.79 Å². The standard InChI is InChI=1S/C20H23NO/c1-14(2)17-6-8-18(9-7-17)20(22)11-12-21-19-10-5-15(3)16(4)13-19/h5-14,21H,1-4H3/b12-11+. The Kier molecular flexibility index (Phi) is 5.16. The van der Waals surface area contributed by atoms with Gasteiger partial charge < -0.3 is 5.32 Å². The molecule has 0 amide bonds. The summed E-state index contributed by atoms with van der Waals surface area (Å²) in [7, 11) is 0. The lowest BCUT2D eigenvalue weighted by molar-refractivity contribution is 0.104. The van der Waals surface area contributed by atoms with Crippen LogP contribution in [0.25, 0.3) is 0 Å². The third kappa shape index (κ3) is 4.08. The molecular formula is C20H23NO. The van der Waals surface area contributed by atoms with Crippen LogP contribution in [0.5, 0.6) is 0 Å². The lowest BCUT2D eigenvalue weighted by atomic mass is 10.0. The highest BCUT2D eigenvalue weighted by atomic mass is 16.1. The first-order chi connectivity index (χ1) is 10.5. The van der Waals surface area contributed by atoms with E-state index in [0.717, 1.165) is 5.69 Å². The van der Waals surface area contributed by atoms with Crippen molar-refractivity contribution in [1.82, 2.24) is 0 Å². The Bertz CT molecular complexity index is 681. The summed E-state index contributed by atoms with van der Waals surface area (Å²) in [6.45, 7) is 8.44. The van der Waals surface area contributed by atoms with Gasteiger partial charge in [-0.05, 0) is 48.6 Å². The van der Waals surface area contributed by atoms with Gasteiger partial charge in [-0.15, -0.1) is 0 Å². The topological polar surface area (TPSA) is 29.1 Å². The van der Waals surface area contributed by atoms with E-state index in [1.165, 1.54) is 16.7 Å². The van der Waals surface area contributed by atoms with Gasteiger partial charge in [-0.2, -0.15) is 0 Å². The number of aryl methyl sites for hydroxylation is 2. The molecule has 0 atom stereocenters. The zero-order valence-electron chi connectivity index (χ0n) is 13.7. The maximum absolute atomic E-state index is 12.1. The Labute approximate surface area is 132 Å². The molecule has 2 heteroatoms. The number of anilines is 1. The Morgan fingerprint density at radius 2 is 1.68 bits per heavy atom. The average Bonchev–Trinajstić information content (AvgIpc) is 2.51. The molecule has 1 N–H and O–H groups in total. The molecule has 0 spiro atoms. The van der Waals surface area contributed by atoms with E-state index in [0.29, 0.717) is 11.5 Å². The monoisotopic (exact) mass is 293 g/mol. The summed E-state index contributed by atoms with van der Waals surface area (Å²) in [6.07, 6.45) is 3.27. The number of hydrogen-bond donors (Lipinski definition) is 1. The lowest BCUT2D eigenvalue weighted by Gasteiger charge is -2.06. The van der Waals surface area contributed by atoms with Crippen LogP contribution >= 0.6 is 0 Å². The summed E-state index contributed by atoms with van der Waals surface area (Å²) in [5.74, 6) is 0.484. The van der Waals surface area contributed by atoms with Crippen LogP contribution in [-0.4, -0.2) is 5.78 Å².